The normalized spacial score (nSPS) is 11.2. The Balaban J connectivity index is 1.90. The molecular formula is C26H26N4O4. The van der Waals surface area contributed by atoms with Crippen LogP contribution in [0.3, 0.4) is 0 Å². The summed E-state index contributed by atoms with van der Waals surface area (Å²) in [4.78, 5) is 43.0. The molecule has 0 fully saturated rings. The number of hydrogen-bond donors (Lipinski definition) is 0. The lowest BCUT2D eigenvalue weighted by atomic mass is 10.0. The van der Waals surface area contributed by atoms with Crippen LogP contribution in [0, 0.1) is 0 Å². The maximum absolute atomic E-state index is 13.3. The summed E-state index contributed by atoms with van der Waals surface area (Å²) in [5.41, 5.74) is 2.60. The lowest BCUT2D eigenvalue weighted by Gasteiger charge is -2.13. The molecule has 8 nitrogen and oxygen atoms in total. The first kappa shape index (κ1) is 23.0. The van der Waals surface area contributed by atoms with Crippen LogP contribution in [0.5, 0.6) is 0 Å². The number of benzene rings is 2. The topological polar surface area (TPSA) is 88.1 Å². The fraction of sp³-hybridized carbons (Fsp3) is 0.231. The number of aromatic nitrogens is 4. The molecular weight excluding hydrogens is 432 g/mol. The van der Waals surface area contributed by atoms with Crippen LogP contribution >= 0.6 is 0 Å². The highest BCUT2D eigenvalue weighted by Gasteiger charge is 2.19. The van der Waals surface area contributed by atoms with Gasteiger partial charge in [-0.2, -0.15) is 0 Å². The van der Waals surface area contributed by atoms with E-state index in [1.165, 1.54) is 24.1 Å². The molecule has 0 N–H and O–H groups in total. The largest absolute Gasteiger partial charge is 0.465 e. The first-order valence-corrected chi connectivity index (χ1v) is 10.9. The number of esters is 1. The second-order valence-corrected chi connectivity index (χ2v) is 8.31. The van der Waals surface area contributed by atoms with Crippen LogP contribution in [0.2, 0.25) is 0 Å². The monoisotopic (exact) mass is 458 g/mol. The number of carbonyl (C=O) groups excluding carboxylic acids is 1. The van der Waals surface area contributed by atoms with Gasteiger partial charge in [0.2, 0.25) is 0 Å². The van der Waals surface area contributed by atoms with E-state index in [2.05, 4.69) is 25.4 Å². The van der Waals surface area contributed by atoms with Crippen LogP contribution in [0.1, 0.15) is 41.3 Å². The number of nitrogens with zero attached hydrogens (tertiary/aromatic N) is 4. The third-order valence-electron chi connectivity index (χ3n) is 5.73. The van der Waals surface area contributed by atoms with Crippen molar-refractivity contribution in [1.82, 2.24) is 18.7 Å². The Bertz CT molecular complexity index is 1490. The fourth-order valence-electron chi connectivity index (χ4n) is 3.94. The van der Waals surface area contributed by atoms with Crippen molar-refractivity contribution in [3.05, 3.63) is 105 Å². The van der Waals surface area contributed by atoms with E-state index in [1.807, 2.05) is 30.3 Å². The van der Waals surface area contributed by atoms with E-state index in [0.717, 1.165) is 15.7 Å². The summed E-state index contributed by atoms with van der Waals surface area (Å²) in [6, 6.07) is 14.6. The van der Waals surface area contributed by atoms with Gasteiger partial charge in [-0.05, 0) is 41.3 Å². The van der Waals surface area contributed by atoms with Gasteiger partial charge in [0.05, 0.1) is 24.7 Å². The number of ether oxygens (including phenoxy) is 1. The zero-order valence-corrected chi connectivity index (χ0v) is 19.4. The number of methoxy groups -OCH3 is 1. The minimum atomic E-state index is -0.479. The van der Waals surface area contributed by atoms with Crippen molar-refractivity contribution in [2.45, 2.75) is 32.9 Å². The number of fused-ring (bicyclic) bond motifs is 1. The Morgan fingerprint density at radius 2 is 1.88 bits per heavy atom. The van der Waals surface area contributed by atoms with Crippen molar-refractivity contribution in [2.75, 3.05) is 7.11 Å². The molecule has 0 atom stereocenters. The molecule has 34 heavy (non-hydrogen) atoms. The Morgan fingerprint density at radius 1 is 1.15 bits per heavy atom. The van der Waals surface area contributed by atoms with Gasteiger partial charge in [-0.3, -0.25) is 9.36 Å². The first-order chi connectivity index (χ1) is 16.3. The second kappa shape index (κ2) is 9.35. The third kappa shape index (κ3) is 4.10. The predicted octanol–water partition coefficient (Wildman–Crippen LogP) is 3.49. The summed E-state index contributed by atoms with van der Waals surface area (Å²) >= 11 is 0. The molecule has 0 aliphatic rings. The summed E-state index contributed by atoms with van der Waals surface area (Å²) in [5, 5.41) is 0. The smallest absolute Gasteiger partial charge is 0.337 e. The third-order valence-corrected chi connectivity index (χ3v) is 5.73. The standard InChI is InChI=1S/C26H26N4O4/c1-5-13-29-24(31)22-23(30(26(29)33)21-11-9-19(10-12-21)17(2)3)27-16-28(22)15-18-7-6-8-20(14-18)25(32)34-4/h5-12,14,16-17H,1,13,15H2,2-4H3. The molecule has 0 spiro atoms. The van der Waals surface area contributed by atoms with Gasteiger partial charge in [0.25, 0.3) is 5.56 Å². The minimum Gasteiger partial charge on any atom is -0.465 e. The summed E-state index contributed by atoms with van der Waals surface area (Å²) in [6.45, 7) is 8.24. The quantitative estimate of drug-likeness (QED) is 0.312. The molecule has 0 aliphatic heterocycles. The molecule has 2 aromatic heterocycles. The van der Waals surface area contributed by atoms with Gasteiger partial charge in [0.15, 0.2) is 11.2 Å². The van der Waals surface area contributed by atoms with E-state index in [-0.39, 0.29) is 24.3 Å². The molecule has 0 saturated carbocycles. The van der Waals surface area contributed by atoms with Crippen molar-refractivity contribution in [3.63, 3.8) is 0 Å². The molecule has 0 saturated heterocycles. The van der Waals surface area contributed by atoms with Crippen molar-refractivity contribution < 1.29 is 9.53 Å². The van der Waals surface area contributed by atoms with Crippen LogP contribution in [-0.4, -0.2) is 31.8 Å². The zero-order chi connectivity index (χ0) is 24.4. The summed E-state index contributed by atoms with van der Waals surface area (Å²) in [6.07, 6.45) is 3.05. The van der Waals surface area contributed by atoms with Crippen LogP contribution in [-0.2, 0) is 17.8 Å². The second-order valence-electron chi connectivity index (χ2n) is 8.31. The summed E-state index contributed by atoms with van der Waals surface area (Å²) < 4.78 is 9.08. The molecule has 8 heteroatoms. The molecule has 0 bridgehead atoms. The Morgan fingerprint density at radius 3 is 2.53 bits per heavy atom. The van der Waals surface area contributed by atoms with E-state index in [4.69, 9.17) is 4.74 Å². The molecule has 2 heterocycles. The van der Waals surface area contributed by atoms with Gasteiger partial charge in [-0.1, -0.05) is 44.2 Å². The zero-order valence-electron chi connectivity index (χ0n) is 19.4. The van der Waals surface area contributed by atoms with Gasteiger partial charge in [0.1, 0.15) is 0 Å². The van der Waals surface area contributed by atoms with Crippen molar-refractivity contribution >= 4 is 17.1 Å². The molecule has 4 aromatic rings. The van der Waals surface area contributed by atoms with Gasteiger partial charge in [0, 0.05) is 13.1 Å². The van der Waals surface area contributed by atoms with E-state index >= 15 is 0 Å². The fourth-order valence-corrected chi connectivity index (χ4v) is 3.94. The van der Waals surface area contributed by atoms with E-state index in [9.17, 15) is 14.4 Å². The average molecular weight is 459 g/mol. The van der Waals surface area contributed by atoms with Crippen molar-refractivity contribution in [1.29, 1.82) is 0 Å². The molecule has 174 valence electrons. The van der Waals surface area contributed by atoms with Gasteiger partial charge < -0.3 is 9.30 Å². The summed E-state index contributed by atoms with van der Waals surface area (Å²) in [7, 11) is 1.33. The van der Waals surface area contributed by atoms with Crippen LogP contribution < -0.4 is 11.2 Å². The lowest BCUT2D eigenvalue weighted by Crippen LogP contribution is -2.39. The van der Waals surface area contributed by atoms with Crippen molar-refractivity contribution in [3.8, 4) is 5.69 Å². The van der Waals surface area contributed by atoms with Gasteiger partial charge in [-0.15, -0.1) is 6.58 Å². The first-order valence-electron chi connectivity index (χ1n) is 10.9. The molecule has 0 aliphatic carbocycles. The molecule has 4 rings (SSSR count). The minimum absolute atomic E-state index is 0.0701. The number of hydrogen-bond acceptors (Lipinski definition) is 5. The SMILES string of the molecule is C=CCn1c(=O)c2c(ncn2Cc2cccc(C(=O)OC)c2)n(-c2ccc(C(C)C)cc2)c1=O. The number of imidazole rings is 1. The highest BCUT2D eigenvalue weighted by Crippen LogP contribution is 2.19. The van der Waals surface area contributed by atoms with Crippen LogP contribution in [0.15, 0.2) is 77.1 Å². The van der Waals surface area contributed by atoms with Gasteiger partial charge >= 0.3 is 11.7 Å². The predicted molar refractivity (Wildman–Crippen MR) is 131 cm³/mol. The van der Waals surface area contributed by atoms with Crippen LogP contribution in [0.4, 0.5) is 0 Å². The highest BCUT2D eigenvalue weighted by molar-refractivity contribution is 5.89. The van der Waals surface area contributed by atoms with Crippen LogP contribution in [0.25, 0.3) is 16.9 Å². The molecule has 0 radical (unpaired) electrons. The number of allylic oxidation sites excluding steroid dienone is 1. The van der Waals surface area contributed by atoms with Crippen molar-refractivity contribution in [2.24, 2.45) is 0 Å². The maximum atomic E-state index is 13.3. The Hall–Kier alpha value is -4.20. The molecule has 0 amide bonds. The summed E-state index contributed by atoms with van der Waals surface area (Å²) in [5.74, 6) is -0.0927. The van der Waals surface area contributed by atoms with E-state index in [0.29, 0.717) is 17.2 Å². The molecule has 2 aromatic carbocycles. The number of carbonyl (C=O) groups is 1. The number of rotatable bonds is 7. The maximum Gasteiger partial charge on any atom is 0.337 e. The lowest BCUT2D eigenvalue weighted by molar-refractivity contribution is 0.0600. The van der Waals surface area contributed by atoms with Gasteiger partial charge in [-0.25, -0.2) is 19.1 Å². The van der Waals surface area contributed by atoms with E-state index in [1.54, 1.807) is 22.8 Å². The van der Waals surface area contributed by atoms with E-state index < -0.39 is 17.2 Å². The Labute approximate surface area is 196 Å². The molecule has 0 unspecified atom stereocenters. The Kier molecular flexibility index (Phi) is 6.32. The average Bonchev–Trinajstić information content (AvgIpc) is 3.25. The highest BCUT2D eigenvalue weighted by atomic mass is 16.5.